The quantitative estimate of drug-likeness (QED) is 0.495. The van der Waals surface area contributed by atoms with Crippen LogP contribution in [0.3, 0.4) is 0 Å². The van der Waals surface area contributed by atoms with Crippen LogP contribution in [0.2, 0.25) is 0 Å². The van der Waals surface area contributed by atoms with Crippen LogP contribution >= 0.6 is 11.3 Å². The smallest absolute Gasteiger partial charge is 0.255 e. The van der Waals surface area contributed by atoms with Gasteiger partial charge in [-0.1, -0.05) is 29.8 Å². The maximum Gasteiger partial charge on any atom is 0.255 e. The molecule has 0 unspecified atom stereocenters. The lowest BCUT2D eigenvalue weighted by Gasteiger charge is -2.10. The number of carbonyl (C=O) groups is 1. The van der Waals surface area contributed by atoms with Crippen molar-refractivity contribution in [1.82, 2.24) is 4.98 Å². The number of amides is 1. The van der Waals surface area contributed by atoms with Gasteiger partial charge in [-0.2, -0.15) is 0 Å². The van der Waals surface area contributed by atoms with E-state index in [1.807, 2.05) is 56.3 Å². The number of aromatic hydroxyl groups is 1. The molecule has 0 fully saturated rings. The lowest BCUT2D eigenvalue weighted by atomic mass is 10.1. The molecular formula is C22H18N2O2S. The van der Waals surface area contributed by atoms with Gasteiger partial charge in [0.25, 0.3) is 5.91 Å². The minimum atomic E-state index is -0.195. The molecule has 3 aromatic carbocycles. The predicted molar refractivity (Wildman–Crippen MR) is 111 cm³/mol. The average Bonchev–Trinajstić information content (AvgIpc) is 3.05. The minimum absolute atomic E-state index is 0.0903. The highest BCUT2D eigenvalue weighted by atomic mass is 32.1. The van der Waals surface area contributed by atoms with Crippen LogP contribution in [0.1, 0.15) is 21.5 Å². The van der Waals surface area contributed by atoms with E-state index in [2.05, 4.69) is 10.3 Å². The summed E-state index contributed by atoms with van der Waals surface area (Å²) in [5.41, 5.74) is 4.76. The van der Waals surface area contributed by atoms with Gasteiger partial charge in [0.2, 0.25) is 0 Å². The van der Waals surface area contributed by atoms with Gasteiger partial charge in [0, 0.05) is 17.3 Å². The third-order valence-corrected chi connectivity index (χ3v) is 5.48. The monoisotopic (exact) mass is 374 g/mol. The van der Waals surface area contributed by atoms with Crippen molar-refractivity contribution in [1.29, 1.82) is 0 Å². The second-order valence-electron chi connectivity index (χ2n) is 6.49. The number of phenols is 1. The van der Waals surface area contributed by atoms with Crippen LogP contribution in [0.15, 0.2) is 60.7 Å². The number of hydrogen-bond acceptors (Lipinski definition) is 4. The average molecular weight is 374 g/mol. The Balaban J connectivity index is 1.60. The zero-order valence-corrected chi connectivity index (χ0v) is 15.8. The largest absolute Gasteiger partial charge is 0.507 e. The third-order valence-electron chi connectivity index (χ3n) is 4.41. The van der Waals surface area contributed by atoms with E-state index >= 15 is 0 Å². The van der Waals surface area contributed by atoms with Crippen molar-refractivity contribution < 1.29 is 9.90 Å². The number of nitrogens with zero attached hydrogens (tertiary/aromatic N) is 1. The summed E-state index contributed by atoms with van der Waals surface area (Å²) in [5, 5.41) is 14.1. The number of rotatable bonds is 3. The van der Waals surface area contributed by atoms with Crippen molar-refractivity contribution in [3.8, 4) is 16.3 Å². The summed E-state index contributed by atoms with van der Waals surface area (Å²) in [6.07, 6.45) is 0. The number of phenolic OH excluding ortho intramolecular Hbond substituents is 1. The number of carbonyl (C=O) groups excluding carboxylic acids is 1. The highest BCUT2D eigenvalue weighted by Gasteiger charge is 2.13. The highest BCUT2D eigenvalue weighted by Crippen LogP contribution is 2.36. The first-order valence-electron chi connectivity index (χ1n) is 8.59. The number of aromatic nitrogens is 1. The fourth-order valence-corrected chi connectivity index (χ4v) is 4.04. The Labute approximate surface area is 161 Å². The van der Waals surface area contributed by atoms with Gasteiger partial charge in [0.15, 0.2) is 0 Å². The first kappa shape index (κ1) is 17.2. The molecule has 0 saturated heterocycles. The summed E-state index contributed by atoms with van der Waals surface area (Å²) >= 11 is 1.53. The van der Waals surface area contributed by atoms with Crippen molar-refractivity contribution in [3.05, 3.63) is 77.4 Å². The first-order valence-corrected chi connectivity index (χ1v) is 9.40. The molecule has 0 atom stereocenters. The van der Waals surface area contributed by atoms with Crippen LogP contribution < -0.4 is 5.32 Å². The first-order chi connectivity index (χ1) is 13.0. The molecule has 1 amide bonds. The summed E-state index contributed by atoms with van der Waals surface area (Å²) in [6, 6.07) is 18.7. The molecule has 1 heterocycles. The molecule has 0 bridgehead atoms. The normalized spacial score (nSPS) is 10.9. The molecule has 0 aliphatic carbocycles. The third kappa shape index (κ3) is 3.41. The molecule has 0 spiro atoms. The van der Waals surface area contributed by atoms with E-state index in [1.54, 1.807) is 18.2 Å². The van der Waals surface area contributed by atoms with Gasteiger partial charge in [0.05, 0.1) is 15.8 Å². The molecule has 1 aromatic heterocycles. The molecule has 4 nitrogen and oxygen atoms in total. The number of hydrogen-bond donors (Lipinski definition) is 2. The standard InChI is InChI=1S/C22H18N2O2S/c1-13-7-9-16(14(2)11-13)21(26)23-15-8-10-17(19(25)12-15)22-24-18-5-3-4-6-20(18)27-22/h3-12,25H,1-2H3,(H,23,26). The summed E-state index contributed by atoms with van der Waals surface area (Å²) < 4.78 is 1.07. The highest BCUT2D eigenvalue weighted by molar-refractivity contribution is 7.21. The summed E-state index contributed by atoms with van der Waals surface area (Å²) in [7, 11) is 0. The molecule has 2 N–H and O–H groups in total. The number of aryl methyl sites for hydroxylation is 2. The van der Waals surface area contributed by atoms with E-state index in [0.29, 0.717) is 16.8 Å². The van der Waals surface area contributed by atoms with Crippen molar-refractivity contribution in [2.75, 3.05) is 5.32 Å². The van der Waals surface area contributed by atoms with Crippen LogP contribution in [0.5, 0.6) is 5.75 Å². The lowest BCUT2D eigenvalue weighted by Crippen LogP contribution is -2.13. The zero-order valence-electron chi connectivity index (χ0n) is 15.0. The molecule has 27 heavy (non-hydrogen) atoms. The SMILES string of the molecule is Cc1ccc(C(=O)Nc2ccc(-c3nc4ccccc4s3)c(O)c2)c(C)c1. The van der Waals surface area contributed by atoms with E-state index < -0.39 is 0 Å². The number of fused-ring (bicyclic) bond motifs is 1. The second kappa shape index (κ2) is 6.85. The molecule has 0 aliphatic rings. The molecule has 0 aliphatic heterocycles. The Morgan fingerprint density at radius 3 is 2.59 bits per heavy atom. The van der Waals surface area contributed by atoms with Crippen molar-refractivity contribution >= 4 is 33.1 Å². The molecule has 0 saturated carbocycles. The van der Waals surface area contributed by atoms with E-state index in [9.17, 15) is 9.90 Å². The molecular weight excluding hydrogens is 356 g/mol. The van der Waals surface area contributed by atoms with Crippen LogP contribution in [0.4, 0.5) is 5.69 Å². The fraction of sp³-hybridized carbons (Fsp3) is 0.0909. The van der Waals surface area contributed by atoms with Gasteiger partial charge in [-0.15, -0.1) is 11.3 Å². The van der Waals surface area contributed by atoms with Gasteiger partial charge in [-0.05, 0) is 49.7 Å². The predicted octanol–water partition coefficient (Wildman–Crippen LogP) is 5.54. The molecule has 5 heteroatoms. The summed E-state index contributed by atoms with van der Waals surface area (Å²) in [6.45, 7) is 3.91. The van der Waals surface area contributed by atoms with Gasteiger partial charge in [-0.25, -0.2) is 4.98 Å². The number of nitrogens with one attached hydrogen (secondary N) is 1. The van der Waals surface area contributed by atoms with Gasteiger partial charge in [0.1, 0.15) is 10.8 Å². The molecule has 4 aromatic rings. The number of benzene rings is 3. The van der Waals surface area contributed by atoms with E-state index in [1.165, 1.54) is 11.3 Å². The van der Waals surface area contributed by atoms with Crippen LogP contribution in [-0.4, -0.2) is 16.0 Å². The number of thiazole rings is 1. The Morgan fingerprint density at radius 2 is 1.85 bits per heavy atom. The summed E-state index contributed by atoms with van der Waals surface area (Å²) in [4.78, 5) is 17.1. The van der Waals surface area contributed by atoms with Crippen molar-refractivity contribution in [3.63, 3.8) is 0 Å². The Kier molecular flexibility index (Phi) is 4.38. The summed E-state index contributed by atoms with van der Waals surface area (Å²) in [5.74, 6) is -0.105. The van der Waals surface area contributed by atoms with Crippen LogP contribution in [0.25, 0.3) is 20.8 Å². The van der Waals surface area contributed by atoms with Crippen molar-refractivity contribution in [2.45, 2.75) is 13.8 Å². The van der Waals surface area contributed by atoms with Gasteiger partial charge in [-0.3, -0.25) is 4.79 Å². The minimum Gasteiger partial charge on any atom is -0.507 e. The van der Waals surface area contributed by atoms with E-state index in [-0.39, 0.29) is 11.7 Å². The Morgan fingerprint density at radius 1 is 1.04 bits per heavy atom. The Hall–Kier alpha value is -3.18. The molecule has 0 radical (unpaired) electrons. The maximum absolute atomic E-state index is 12.5. The van der Waals surface area contributed by atoms with Gasteiger partial charge < -0.3 is 10.4 Å². The topological polar surface area (TPSA) is 62.2 Å². The number of para-hydroxylation sites is 1. The van der Waals surface area contributed by atoms with Gasteiger partial charge >= 0.3 is 0 Å². The fourth-order valence-electron chi connectivity index (χ4n) is 3.04. The maximum atomic E-state index is 12.5. The number of anilines is 1. The Bertz CT molecular complexity index is 1130. The van der Waals surface area contributed by atoms with E-state index in [0.717, 1.165) is 26.4 Å². The lowest BCUT2D eigenvalue weighted by molar-refractivity contribution is 0.102. The van der Waals surface area contributed by atoms with Crippen molar-refractivity contribution in [2.24, 2.45) is 0 Å². The molecule has 4 rings (SSSR count). The van der Waals surface area contributed by atoms with Crippen LogP contribution in [0, 0.1) is 13.8 Å². The van der Waals surface area contributed by atoms with Crippen LogP contribution in [-0.2, 0) is 0 Å². The zero-order chi connectivity index (χ0) is 19.0. The second-order valence-corrected chi connectivity index (χ2v) is 7.52. The van der Waals surface area contributed by atoms with E-state index in [4.69, 9.17) is 0 Å². The molecule has 134 valence electrons.